The number of carbonyl (C=O) groups is 1. The lowest BCUT2D eigenvalue weighted by Gasteiger charge is -1.92. The molecular weight excluding hydrogens is 264 g/mol. The minimum atomic E-state index is -0.907. The summed E-state index contributed by atoms with van der Waals surface area (Å²) < 4.78 is 3.99. The summed E-state index contributed by atoms with van der Waals surface area (Å²) in [7, 11) is 1.83. The first-order chi connectivity index (χ1) is 7.00. The van der Waals surface area contributed by atoms with Crippen molar-refractivity contribution in [1.29, 1.82) is 0 Å². The van der Waals surface area contributed by atoms with Gasteiger partial charge in [0, 0.05) is 7.05 Å². The number of aryl methyl sites for hydroxylation is 2. The molecule has 2 heterocycles. The number of aromatic nitrogens is 4. The Labute approximate surface area is 93.7 Å². The molecule has 0 aliphatic carbocycles. The molecule has 2 aromatic rings. The molecule has 0 bridgehead atoms. The van der Waals surface area contributed by atoms with Gasteiger partial charge >= 0.3 is 5.97 Å². The summed E-state index contributed by atoms with van der Waals surface area (Å²) in [6.07, 6.45) is -0.108. The van der Waals surface area contributed by atoms with Crippen LogP contribution in [0.25, 0.3) is 5.78 Å². The topological polar surface area (TPSA) is 72.4 Å². The number of halogens is 1. The molecule has 2 rings (SSSR count). The lowest BCUT2D eigenvalue weighted by Crippen LogP contribution is -2.02. The Kier molecular flexibility index (Phi) is 2.26. The Morgan fingerprint density at radius 3 is 2.80 bits per heavy atom. The molecule has 7 heteroatoms. The molecule has 6 nitrogen and oxygen atoms in total. The summed E-state index contributed by atoms with van der Waals surface area (Å²) in [4.78, 5) is 14.8. The van der Waals surface area contributed by atoms with E-state index in [-0.39, 0.29) is 6.42 Å². The van der Waals surface area contributed by atoms with Gasteiger partial charge in [0.05, 0.1) is 12.1 Å². The third-order valence-corrected chi connectivity index (χ3v) is 2.99. The van der Waals surface area contributed by atoms with Gasteiger partial charge in [0.1, 0.15) is 10.4 Å². The standard InChI is InChI=1S/C8H9BrN4O2/c1-4-11-13-7(9)5(3-6(14)15)10-8(13)12(4)2/h3H2,1-2H3,(H,14,15). The number of aliphatic carboxylic acids is 1. The molecule has 0 aliphatic rings. The highest BCUT2D eigenvalue weighted by atomic mass is 79.9. The molecular formula is C8H9BrN4O2. The fourth-order valence-electron chi connectivity index (χ4n) is 1.34. The van der Waals surface area contributed by atoms with Crippen molar-refractivity contribution in [2.24, 2.45) is 7.05 Å². The number of imidazole rings is 1. The minimum Gasteiger partial charge on any atom is -0.481 e. The molecule has 0 spiro atoms. The van der Waals surface area contributed by atoms with Crippen LogP contribution in [-0.2, 0) is 18.3 Å². The highest BCUT2D eigenvalue weighted by Crippen LogP contribution is 2.19. The Morgan fingerprint density at radius 2 is 2.27 bits per heavy atom. The summed E-state index contributed by atoms with van der Waals surface area (Å²) in [6.45, 7) is 1.86. The lowest BCUT2D eigenvalue weighted by atomic mass is 10.3. The second-order valence-electron chi connectivity index (χ2n) is 3.24. The summed E-state index contributed by atoms with van der Waals surface area (Å²) in [6, 6.07) is 0. The number of nitrogens with zero attached hydrogens (tertiary/aromatic N) is 4. The van der Waals surface area contributed by atoms with E-state index >= 15 is 0 Å². The van der Waals surface area contributed by atoms with Gasteiger partial charge in [0.2, 0.25) is 5.78 Å². The van der Waals surface area contributed by atoms with Crippen molar-refractivity contribution in [3.05, 3.63) is 16.1 Å². The molecule has 80 valence electrons. The van der Waals surface area contributed by atoms with Gasteiger partial charge in [-0.25, -0.2) is 4.98 Å². The van der Waals surface area contributed by atoms with Crippen LogP contribution < -0.4 is 0 Å². The largest absolute Gasteiger partial charge is 0.481 e. The van der Waals surface area contributed by atoms with Crippen LogP contribution in [0.3, 0.4) is 0 Å². The molecule has 1 N–H and O–H groups in total. The fraction of sp³-hybridized carbons (Fsp3) is 0.375. The summed E-state index contributed by atoms with van der Waals surface area (Å²) >= 11 is 3.29. The quantitative estimate of drug-likeness (QED) is 0.877. The average Bonchev–Trinajstić information content (AvgIpc) is 2.57. The predicted molar refractivity (Wildman–Crippen MR) is 55.7 cm³/mol. The van der Waals surface area contributed by atoms with E-state index in [0.717, 1.165) is 5.82 Å². The van der Waals surface area contributed by atoms with Gasteiger partial charge in [-0.3, -0.25) is 4.79 Å². The first kappa shape index (κ1) is 10.2. The number of hydrogen-bond donors (Lipinski definition) is 1. The van der Waals surface area contributed by atoms with Gasteiger partial charge in [-0.2, -0.15) is 9.61 Å². The molecule has 0 aromatic carbocycles. The van der Waals surface area contributed by atoms with Crippen LogP contribution in [-0.4, -0.2) is 30.2 Å². The van der Waals surface area contributed by atoms with Gasteiger partial charge in [-0.15, -0.1) is 0 Å². The predicted octanol–water partition coefficient (Wildman–Crippen LogP) is 0.766. The maximum atomic E-state index is 10.6. The fourth-order valence-corrected chi connectivity index (χ4v) is 1.81. The Morgan fingerprint density at radius 1 is 1.60 bits per heavy atom. The number of rotatable bonds is 2. The van der Waals surface area contributed by atoms with E-state index < -0.39 is 5.97 Å². The third-order valence-electron chi connectivity index (χ3n) is 2.20. The van der Waals surface area contributed by atoms with Crippen molar-refractivity contribution in [2.75, 3.05) is 0 Å². The Bertz CT molecular complexity index is 542. The van der Waals surface area contributed by atoms with Crippen molar-refractivity contribution in [3.63, 3.8) is 0 Å². The number of fused-ring (bicyclic) bond motifs is 1. The van der Waals surface area contributed by atoms with Crippen molar-refractivity contribution >= 4 is 27.7 Å². The van der Waals surface area contributed by atoms with Crippen molar-refractivity contribution < 1.29 is 9.90 Å². The summed E-state index contributed by atoms with van der Waals surface area (Å²) in [5.74, 6) is 0.548. The number of carboxylic acids is 1. The maximum Gasteiger partial charge on any atom is 0.309 e. The molecule has 0 unspecified atom stereocenters. The normalized spacial score (nSPS) is 11.1. The van der Waals surface area contributed by atoms with Gasteiger partial charge in [-0.05, 0) is 22.9 Å². The van der Waals surface area contributed by atoms with E-state index in [1.54, 1.807) is 9.08 Å². The van der Waals surface area contributed by atoms with Crippen LogP contribution in [0.5, 0.6) is 0 Å². The molecule has 0 fully saturated rings. The van der Waals surface area contributed by atoms with Crippen molar-refractivity contribution in [2.45, 2.75) is 13.3 Å². The lowest BCUT2D eigenvalue weighted by molar-refractivity contribution is -0.136. The van der Waals surface area contributed by atoms with Crippen molar-refractivity contribution in [3.8, 4) is 0 Å². The smallest absolute Gasteiger partial charge is 0.309 e. The third kappa shape index (κ3) is 1.52. The summed E-state index contributed by atoms with van der Waals surface area (Å²) in [5, 5.41) is 12.9. The minimum absolute atomic E-state index is 0.108. The number of carboxylic acid groups (broad SMARTS) is 1. The molecule has 0 amide bonds. The second-order valence-corrected chi connectivity index (χ2v) is 3.99. The average molecular weight is 273 g/mol. The second kappa shape index (κ2) is 3.34. The first-order valence-corrected chi connectivity index (χ1v) is 5.08. The highest BCUT2D eigenvalue weighted by Gasteiger charge is 2.16. The molecule has 15 heavy (non-hydrogen) atoms. The van der Waals surface area contributed by atoms with Crippen LogP contribution in [0.2, 0.25) is 0 Å². The van der Waals surface area contributed by atoms with Crippen molar-refractivity contribution in [1.82, 2.24) is 19.2 Å². The van der Waals surface area contributed by atoms with Crippen LogP contribution in [0.1, 0.15) is 11.5 Å². The molecule has 0 atom stereocenters. The molecule has 2 aromatic heterocycles. The monoisotopic (exact) mass is 272 g/mol. The SMILES string of the molecule is Cc1nn2c(Br)c(CC(=O)O)nc2n1C. The summed E-state index contributed by atoms with van der Waals surface area (Å²) in [5.41, 5.74) is 0.487. The van der Waals surface area contributed by atoms with E-state index in [9.17, 15) is 4.79 Å². The first-order valence-electron chi connectivity index (χ1n) is 4.29. The maximum absolute atomic E-state index is 10.6. The van der Waals surface area contributed by atoms with E-state index in [0.29, 0.717) is 16.1 Å². The van der Waals surface area contributed by atoms with Gasteiger partial charge < -0.3 is 9.67 Å². The molecule has 0 saturated carbocycles. The van der Waals surface area contributed by atoms with E-state index in [1.165, 1.54) is 0 Å². The zero-order valence-corrected chi connectivity index (χ0v) is 9.82. The zero-order valence-electron chi connectivity index (χ0n) is 8.23. The Hall–Kier alpha value is -1.37. The van der Waals surface area contributed by atoms with Gasteiger partial charge in [0.25, 0.3) is 0 Å². The van der Waals surface area contributed by atoms with Gasteiger partial charge in [-0.1, -0.05) is 0 Å². The van der Waals surface area contributed by atoms with Crippen LogP contribution in [0, 0.1) is 6.92 Å². The van der Waals surface area contributed by atoms with E-state index in [4.69, 9.17) is 5.11 Å². The Balaban J connectivity index is 2.61. The molecule has 0 saturated heterocycles. The number of hydrogen-bond acceptors (Lipinski definition) is 3. The van der Waals surface area contributed by atoms with Crippen LogP contribution >= 0.6 is 15.9 Å². The van der Waals surface area contributed by atoms with Gasteiger partial charge in [0.15, 0.2) is 0 Å². The van der Waals surface area contributed by atoms with Crippen LogP contribution in [0.15, 0.2) is 4.60 Å². The van der Waals surface area contributed by atoms with E-state index in [2.05, 4.69) is 26.0 Å². The molecule has 0 aliphatic heterocycles. The van der Waals surface area contributed by atoms with E-state index in [1.807, 2.05) is 14.0 Å². The molecule has 0 radical (unpaired) electrons. The van der Waals surface area contributed by atoms with Crippen LogP contribution in [0.4, 0.5) is 0 Å². The highest BCUT2D eigenvalue weighted by molar-refractivity contribution is 9.10. The zero-order chi connectivity index (χ0) is 11.2.